The Morgan fingerprint density at radius 2 is 1.03 bits per heavy atom. The molecule has 0 bridgehead atoms. The molecular weight excluding hydrogens is 468 g/mol. The first-order valence-corrected chi connectivity index (χ1v) is 16.8. The van der Waals surface area contributed by atoms with Crippen molar-refractivity contribution in [3.63, 3.8) is 0 Å². The van der Waals surface area contributed by atoms with Crippen LogP contribution >= 0.6 is 0 Å². The predicted octanol–water partition coefficient (Wildman–Crippen LogP) is 13.2. The smallest absolute Gasteiger partial charge is 0.0182 e. The van der Waals surface area contributed by atoms with Crippen LogP contribution < -0.4 is 0 Å². The van der Waals surface area contributed by atoms with Crippen molar-refractivity contribution in [3.8, 4) is 0 Å². The van der Waals surface area contributed by atoms with Gasteiger partial charge in [-0.15, -0.1) is 0 Å². The van der Waals surface area contributed by atoms with E-state index in [1.165, 1.54) is 12.8 Å². The molecule has 0 radical (unpaired) electrons. The Balaban J connectivity index is 3.97. The number of hydrogen-bond donors (Lipinski definition) is 0. The second kappa shape index (κ2) is 10.3. The van der Waals surface area contributed by atoms with Gasteiger partial charge < -0.3 is 0 Å². The molecule has 0 aromatic rings. The second-order valence-electron chi connectivity index (χ2n) is 20.2. The SMILES string of the molecule is CCC(C)(CC(C)(C)C1(C)C(C)C(C(C)(C)C)C(C)C1(C)C(C)(C)C(C)C)C(C)(C)C(C)(C)C(C)C(C)(C)C. The van der Waals surface area contributed by atoms with Crippen LogP contribution in [-0.4, -0.2) is 0 Å². The van der Waals surface area contributed by atoms with Crippen LogP contribution in [0, 0.1) is 78.3 Å². The molecule has 0 N–H and O–H groups in total. The van der Waals surface area contributed by atoms with Gasteiger partial charge in [0.1, 0.15) is 0 Å². The zero-order valence-electron chi connectivity index (χ0n) is 31.8. The Bertz CT molecular complexity index is 836. The van der Waals surface area contributed by atoms with Crippen LogP contribution in [-0.2, 0) is 0 Å². The van der Waals surface area contributed by atoms with E-state index >= 15 is 0 Å². The Morgan fingerprint density at radius 1 is 0.641 bits per heavy atom. The third-order valence-electron chi connectivity index (χ3n) is 16.3. The first-order valence-electron chi connectivity index (χ1n) is 16.8. The van der Waals surface area contributed by atoms with Crippen LogP contribution in [0.15, 0.2) is 0 Å². The molecule has 0 nitrogen and oxygen atoms in total. The van der Waals surface area contributed by atoms with Crippen LogP contribution in [0.2, 0.25) is 0 Å². The molecule has 0 heterocycles. The average molecular weight is 547 g/mol. The van der Waals surface area contributed by atoms with E-state index in [9.17, 15) is 0 Å². The van der Waals surface area contributed by atoms with Gasteiger partial charge >= 0.3 is 0 Å². The van der Waals surface area contributed by atoms with Crippen LogP contribution in [0.1, 0.15) is 172 Å². The molecule has 1 aliphatic carbocycles. The molecule has 0 saturated heterocycles. The van der Waals surface area contributed by atoms with E-state index in [0.717, 1.165) is 0 Å². The highest BCUT2D eigenvalue weighted by atomic mass is 14.8. The highest BCUT2D eigenvalue weighted by molar-refractivity contribution is 5.20. The molecule has 1 fully saturated rings. The van der Waals surface area contributed by atoms with Crippen LogP contribution in [0.25, 0.3) is 0 Å². The maximum atomic E-state index is 2.75. The maximum absolute atomic E-state index is 2.75. The Morgan fingerprint density at radius 3 is 1.33 bits per heavy atom. The molecule has 234 valence electrons. The van der Waals surface area contributed by atoms with Crippen molar-refractivity contribution in [1.82, 2.24) is 0 Å². The van der Waals surface area contributed by atoms with E-state index in [2.05, 4.69) is 159 Å². The van der Waals surface area contributed by atoms with Crippen LogP contribution in [0.4, 0.5) is 0 Å². The van der Waals surface area contributed by atoms with Gasteiger partial charge in [-0.1, -0.05) is 166 Å². The van der Waals surface area contributed by atoms with Gasteiger partial charge in [0.2, 0.25) is 0 Å². The average Bonchev–Trinajstić information content (AvgIpc) is 2.90. The van der Waals surface area contributed by atoms with Crippen molar-refractivity contribution in [2.45, 2.75) is 172 Å². The summed E-state index contributed by atoms with van der Waals surface area (Å²) in [6, 6.07) is 0. The zero-order chi connectivity index (χ0) is 31.8. The molecule has 7 atom stereocenters. The lowest BCUT2D eigenvalue weighted by atomic mass is 9.39. The Labute approximate surface area is 250 Å². The number of rotatable bonds is 9. The summed E-state index contributed by atoms with van der Waals surface area (Å²) in [6.07, 6.45) is 2.48. The van der Waals surface area contributed by atoms with Crippen molar-refractivity contribution in [1.29, 1.82) is 0 Å². The highest BCUT2D eigenvalue weighted by Crippen LogP contribution is 2.78. The molecule has 0 aliphatic heterocycles. The predicted molar refractivity (Wildman–Crippen MR) is 179 cm³/mol. The summed E-state index contributed by atoms with van der Waals surface area (Å²) < 4.78 is 0. The van der Waals surface area contributed by atoms with Crippen LogP contribution in [0.3, 0.4) is 0 Å². The first-order chi connectivity index (χ1) is 16.8. The summed E-state index contributed by atoms with van der Waals surface area (Å²) in [5, 5.41) is 0. The lowest BCUT2D eigenvalue weighted by Crippen LogP contribution is -2.59. The molecule has 0 heteroatoms. The monoisotopic (exact) mass is 547 g/mol. The molecule has 1 rings (SSSR count). The van der Waals surface area contributed by atoms with Gasteiger partial charge in [0, 0.05) is 0 Å². The van der Waals surface area contributed by atoms with Gasteiger partial charge in [0.15, 0.2) is 0 Å². The fourth-order valence-electron chi connectivity index (χ4n) is 11.1. The zero-order valence-corrected chi connectivity index (χ0v) is 31.8. The Kier molecular flexibility index (Phi) is 9.80. The van der Waals surface area contributed by atoms with Crippen molar-refractivity contribution in [2.24, 2.45) is 78.3 Å². The van der Waals surface area contributed by atoms with Gasteiger partial charge in [0.05, 0.1) is 0 Å². The Hall–Kier alpha value is 0. The standard InChI is InChI=1S/C39H78/c1-24-37(21,36(19,20)35(17,18)29(6)31(7,8)9)25-33(13,14)38(22)27(4)30(32(10,11)12)28(5)39(38,23)34(15,16)26(2)3/h26-30H,24-25H2,1-23H3. The lowest BCUT2D eigenvalue weighted by Gasteiger charge is -2.66. The third-order valence-corrected chi connectivity index (χ3v) is 16.3. The summed E-state index contributed by atoms with van der Waals surface area (Å²) in [6.45, 7) is 59.2. The molecule has 0 aromatic heterocycles. The minimum atomic E-state index is 0.171. The van der Waals surface area contributed by atoms with Gasteiger partial charge in [-0.2, -0.15) is 0 Å². The topological polar surface area (TPSA) is 0 Å². The summed E-state index contributed by atoms with van der Waals surface area (Å²) in [4.78, 5) is 0. The van der Waals surface area contributed by atoms with E-state index in [1.54, 1.807) is 0 Å². The summed E-state index contributed by atoms with van der Waals surface area (Å²) >= 11 is 0. The minimum Gasteiger partial charge on any atom is -0.0648 e. The second-order valence-corrected chi connectivity index (χ2v) is 20.2. The summed E-state index contributed by atoms with van der Waals surface area (Å²) in [5.74, 6) is 3.25. The maximum Gasteiger partial charge on any atom is -0.0182 e. The van der Waals surface area contributed by atoms with E-state index in [1.807, 2.05) is 0 Å². The van der Waals surface area contributed by atoms with Crippen molar-refractivity contribution in [2.75, 3.05) is 0 Å². The number of hydrogen-bond acceptors (Lipinski definition) is 0. The first kappa shape index (κ1) is 37.0. The molecule has 7 unspecified atom stereocenters. The molecule has 1 saturated carbocycles. The lowest BCUT2D eigenvalue weighted by molar-refractivity contribution is -0.177. The fraction of sp³-hybridized carbons (Fsp3) is 1.00. The molecular formula is C39H78. The molecule has 39 heavy (non-hydrogen) atoms. The summed E-state index contributed by atoms with van der Waals surface area (Å²) in [5.41, 5.74) is 1.97. The van der Waals surface area contributed by atoms with E-state index in [4.69, 9.17) is 0 Å². The van der Waals surface area contributed by atoms with E-state index in [-0.39, 0.29) is 43.3 Å². The molecule has 0 aromatic carbocycles. The normalized spacial score (nSPS) is 32.5. The van der Waals surface area contributed by atoms with E-state index in [0.29, 0.717) is 35.0 Å². The van der Waals surface area contributed by atoms with Gasteiger partial charge in [-0.3, -0.25) is 0 Å². The van der Waals surface area contributed by atoms with Crippen molar-refractivity contribution < 1.29 is 0 Å². The van der Waals surface area contributed by atoms with Gasteiger partial charge in [-0.25, -0.2) is 0 Å². The van der Waals surface area contributed by atoms with Crippen molar-refractivity contribution in [3.05, 3.63) is 0 Å². The van der Waals surface area contributed by atoms with Gasteiger partial charge in [-0.05, 0) is 84.7 Å². The van der Waals surface area contributed by atoms with E-state index < -0.39 is 0 Å². The largest absolute Gasteiger partial charge is 0.0648 e. The molecule has 0 spiro atoms. The quantitative estimate of drug-likeness (QED) is 0.270. The highest BCUT2D eigenvalue weighted by Gasteiger charge is 2.72. The molecule has 0 amide bonds. The minimum absolute atomic E-state index is 0.171. The summed E-state index contributed by atoms with van der Waals surface area (Å²) in [7, 11) is 0. The third kappa shape index (κ3) is 5.13. The van der Waals surface area contributed by atoms with Crippen LogP contribution in [0.5, 0.6) is 0 Å². The van der Waals surface area contributed by atoms with Gasteiger partial charge in [0.25, 0.3) is 0 Å². The molecule has 1 aliphatic rings. The van der Waals surface area contributed by atoms with Crippen molar-refractivity contribution >= 4 is 0 Å². The fourth-order valence-corrected chi connectivity index (χ4v) is 11.1.